The quantitative estimate of drug-likeness (QED) is 0.0950. The number of cyclic esters (lactones) is 2. The van der Waals surface area contributed by atoms with Gasteiger partial charge in [-0.1, -0.05) is 57.9 Å². The summed E-state index contributed by atoms with van der Waals surface area (Å²) in [4.78, 5) is 36.5. The number of unbranched alkanes of at least 4 members (excludes halogenated alkanes) is 2. The molecular formula is C36H43FO8. The number of rotatable bonds is 13. The predicted octanol–water partition coefficient (Wildman–Crippen LogP) is 8.47. The molecule has 1 aliphatic carbocycles. The zero-order valence-corrected chi connectivity index (χ0v) is 26.5. The number of hydrogen-bond acceptors (Lipinski definition) is 8. The molecule has 0 bridgehead atoms. The summed E-state index contributed by atoms with van der Waals surface area (Å²) in [5.74, 6) is -1.47. The molecule has 1 saturated heterocycles. The van der Waals surface area contributed by atoms with Gasteiger partial charge in [-0.2, -0.15) is 0 Å². The molecule has 0 N–H and O–H groups in total. The number of halogens is 1. The number of hydrogen-bond donors (Lipinski definition) is 0. The molecule has 0 unspecified atom stereocenters. The van der Waals surface area contributed by atoms with Gasteiger partial charge in [0.1, 0.15) is 19.0 Å². The van der Waals surface area contributed by atoms with Crippen molar-refractivity contribution in [1.29, 1.82) is 0 Å². The number of benzene rings is 2. The molecule has 45 heavy (non-hydrogen) atoms. The van der Waals surface area contributed by atoms with Crippen molar-refractivity contribution in [2.75, 3.05) is 19.8 Å². The van der Waals surface area contributed by atoms with Crippen LogP contribution < -0.4 is 14.2 Å². The van der Waals surface area contributed by atoms with Crippen LogP contribution in [-0.2, 0) is 19.1 Å². The average molecular weight is 623 g/mol. The largest absolute Gasteiger partial charge is 0.508 e. The number of carbonyl (C=O) groups is 3. The predicted molar refractivity (Wildman–Crippen MR) is 168 cm³/mol. The molecule has 2 aromatic rings. The van der Waals surface area contributed by atoms with Crippen molar-refractivity contribution in [3.63, 3.8) is 0 Å². The third-order valence-electron chi connectivity index (χ3n) is 8.30. The van der Waals surface area contributed by atoms with Crippen molar-refractivity contribution in [1.82, 2.24) is 0 Å². The van der Waals surface area contributed by atoms with Gasteiger partial charge in [0.15, 0.2) is 11.5 Å². The summed E-state index contributed by atoms with van der Waals surface area (Å²) in [7, 11) is 0. The Morgan fingerprint density at radius 3 is 2.02 bits per heavy atom. The van der Waals surface area contributed by atoms with E-state index in [0.717, 1.165) is 37.2 Å². The lowest BCUT2D eigenvalue weighted by molar-refractivity contribution is -0.130. The van der Waals surface area contributed by atoms with Gasteiger partial charge in [0.05, 0.1) is 12.5 Å². The molecule has 9 heteroatoms. The molecule has 0 aromatic heterocycles. The van der Waals surface area contributed by atoms with E-state index in [1.165, 1.54) is 51.7 Å². The molecular weight excluding hydrogens is 579 g/mol. The summed E-state index contributed by atoms with van der Waals surface area (Å²) in [5.41, 5.74) is 1.76. The highest BCUT2D eigenvalue weighted by Gasteiger charge is 2.27. The summed E-state index contributed by atoms with van der Waals surface area (Å²) in [6, 6.07) is 8.15. The van der Waals surface area contributed by atoms with Crippen molar-refractivity contribution >= 4 is 18.1 Å². The van der Waals surface area contributed by atoms with Crippen LogP contribution >= 0.6 is 0 Å². The van der Waals surface area contributed by atoms with E-state index in [1.807, 2.05) is 6.07 Å². The lowest BCUT2D eigenvalue weighted by Gasteiger charge is -2.29. The molecule has 1 aliphatic heterocycles. The Hall–Kier alpha value is -4.14. The summed E-state index contributed by atoms with van der Waals surface area (Å²) < 4.78 is 42.8. The van der Waals surface area contributed by atoms with Crippen LogP contribution in [0.1, 0.15) is 83.6 Å². The van der Waals surface area contributed by atoms with E-state index < -0.39 is 23.9 Å². The molecule has 1 saturated carbocycles. The Morgan fingerprint density at radius 1 is 0.889 bits per heavy atom. The molecule has 0 atom stereocenters. The summed E-state index contributed by atoms with van der Waals surface area (Å²) >= 11 is 0. The minimum absolute atomic E-state index is 0.0220. The van der Waals surface area contributed by atoms with Gasteiger partial charge in [0, 0.05) is 16.7 Å². The van der Waals surface area contributed by atoms with Gasteiger partial charge in [0.2, 0.25) is 5.75 Å². The standard InChI is InChI=1S/C36H43FO8/c1-6-7-8-9-24-10-12-26(13-11-24)27-14-15-29(30(37)16-27)28-17-31(44-34(38)22(2)3)33(32(18-28)45-35(39)23(4)5)41-19-25-20-42-36(40)43-21-25/h14-18,24-26H,2,4,6-13,19-21H2,1,3,5H3. The molecule has 0 spiro atoms. The molecule has 0 radical (unpaired) electrons. The van der Waals surface area contributed by atoms with Gasteiger partial charge in [-0.15, -0.1) is 0 Å². The van der Waals surface area contributed by atoms with Gasteiger partial charge < -0.3 is 23.7 Å². The van der Waals surface area contributed by atoms with Crippen molar-refractivity contribution in [2.24, 2.45) is 11.8 Å². The third kappa shape index (κ3) is 9.19. The minimum Gasteiger partial charge on any atom is -0.486 e. The number of esters is 2. The third-order valence-corrected chi connectivity index (χ3v) is 8.30. The number of carbonyl (C=O) groups excluding carboxylic acids is 3. The maximum atomic E-state index is 15.8. The van der Waals surface area contributed by atoms with E-state index >= 15 is 4.39 Å². The topological polar surface area (TPSA) is 97.4 Å². The Bertz CT molecular complexity index is 1360. The zero-order valence-electron chi connectivity index (χ0n) is 26.5. The van der Waals surface area contributed by atoms with Gasteiger partial charge in [-0.25, -0.2) is 18.8 Å². The maximum Gasteiger partial charge on any atom is 0.508 e. The fraction of sp³-hybridized carbons (Fsp3) is 0.472. The van der Waals surface area contributed by atoms with Gasteiger partial charge in [-0.3, -0.25) is 0 Å². The van der Waals surface area contributed by atoms with Crippen LogP contribution in [0, 0.1) is 17.7 Å². The minimum atomic E-state index is -0.772. The average Bonchev–Trinajstić information content (AvgIpc) is 3.01. The molecule has 242 valence electrons. The van der Waals surface area contributed by atoms with Gasteiger partial charge >= 0.3 is 18.1 Å². The van der Waals surface area contributed by atoms with E-state index in [2.05, 4.69) is 20.1 Å². The first-order valence-electron chi connectivity index (χ1n) is 15.7. The van der Waals surface area contributed by atoms with E-state index in [-0.39, 0.29) is 59.7 Å². The van der Waals surface area contributed by atoms with Crippen LogP contribution in [0.15, 0.2) is 54.6 Å². The highest BCUT2D eigenvalue weighted by Crippen LogP contribution is 2.44. The highest BCUT2D eigenvalue weighted by atomic mass is 19.1. The van der Waals surface area contributed by atoms with E-state index in [0.29, 0.717) is 11.5 Å². The molecule has 4 rings (SSSR count). The Morgan fingerprint density at radius 2 is 1.49 bits per heavy atom. The normalized spacial score (nSPS) is 18.4. The lowest BCUT2D eigenvalue weighted by Crippen LogP contribution is -2.31. The number of ether oxygens (including phenoxy) is 5. The summed E-state index contributed by atoms with van der Waals surface area (Å²) in [6.07, 6.45) is 8.65. The summed E-state index contributed by atoms with van der Waals surface area (Å²) in [6.45, 7) is 12.5. The highest BCUT2D eigenvalue weighted by molar-refractivity contribution is 5.91. The van der Waals surface area contributed by atoms with Crippen LogP contribution in [0.4, 0.5) is 9.18 Å². The first-order valence-corrected chi connectivity index (χ1v) is 15.7. The van der Waals surface area contributed by atoms with Crippen molar-refractivity contribution in [3.05, 3.63) is 66.0 Å². The van der Waals surface area contributed by atoms with Crippen molar-refractivity contribution in [3.8, 4) is 28.4 Å². The van der Waals surface area contributed by atoms with Crippen LogP contribution in [0.2, 0.25) is 0 Å². The van der Waals surface area contributed by atoms with Gasteiger partial charge in [0.25, 0.3) is 0 Å². The zero-order chi connectivity index (χ0) is 32.5. The first kappa shape index (κ1) is 33.7. The monoisotopic (exact) mass is 622 g/mol. The van der Waals surface area contributed by atoms with E-state index in [9.17, 15) is 14.4 Å². The van der Waals surface area contributed by atoms with Crippen LogP contribution in [0.5, 0.6) is 17.2 Å². The first-order chi connectivity index (χ1) is 21.5. The second-order valence-corrected chi connectivity index (χ2v) is 12.1. The molecule has 2 fully saturated rings. The summed E-state index contributed by atoms with van der Waals surface area (Å²) in [5, 5.41) is 0. The van der Waals surface area contributed by atoms with Crippen molar-refractivity contribution < 1.29 is 42.5 Å². The Labute approximate surface area is 264 Å². The lowest BCUT2D eigenvalue weighted by atomic mass is 9.77. The fourth-order valence-corrected chi connectivity index (χ4v) is 5.65. The second-order valence-electron chi connectivity index (χ2n) is 12.1. The van der Waals surface area contributed by atoms with E-state index in [1.54, 1.807) is 12.1 Å². The smallest absolute Gasteiger partial charge is 0.486 e. The van der Waals surface area contributed by atoms with Crippen LogP contribution in [0.25, 0.3) is 11.1 Å². The van der Waals surface area contributed by atoms with Crippen molar-refractivity contribution in [2.45, 2.75) is 78.1 Å². The Balaban J connectivity index is 1.64. The van der Waals surface area contributed by atoms with E-state index in [4.69, 9.17) is 23.7 Å². The fourth-order valence-electron chi connectivity index (χ4n) is 5.65. The maximum absolute atomic E-state index is 15.8. The van der Waals surface area contributed by atoms with Crippen LogP contribution in [-0.4, -0.2) is 37.9 Å². The molecule has 2 aliphatic rings. The molecule has 2 aromatic carbocycles. The Kier molecular flexibility index (Phi) is 11.8. The molecule has 0 amide bonds. The van der Waals surface area contributed by atoms with Crippen LogP contribution in [0.3, 0.4) is 0 Å². The molecule has 8 nitrogen and oxygen atoms in total. The second kappa shape index (κ2) is 15.7. The molecule has 1 heterocycles. The SMILES string of the molecule is C=C(C)C(=O)Oc1cc(-c2ccc(C3CCC(CCCCC)CC3)cc2F)cc(OC(=O)C(=C)C)c1OCC1COC(=O)OC1. The van der Waals surface area contributed by atoms with Gasteiger partial charge in [-0.05, 0) is 80.7 Å².